The minimum Gasteiger partial charge on any atom is -0.492 e. The Morgan fingerprint density at radius 3 is 2.56 bits per heavy atom. The van der Waals surface area contributed by atoms with E-state index < -0.39 is 10.0 Å². The van der Waals surface area contributed by atoms with Gasteiger partial charge in [0.05, 0.1) is 16.8 Å². The van der Waals surface area contributed by atoms with E-state index in [1.165, 1.54) is 0 Å². The van der Waals surface area contributed by atoms with Crippen LogP contribution in [0.1, 0.15) is 12.8 Å². The highest BCUT2D eigenvalue weighted by Crippen LogP contribution is 2.23. The predicted octanol–water partition coefficient (Wildman–Crippen LogP) is 1.90. The van der Waals surface area contributed by atoms with Crippen LogP contribution in [0.4, 0.5) is 0 Å². The van der Waals surface area contributed by atoms with E-state index >= 15 is 0 Å². The Bertz CT molecular complexity index is 433. The largest absolute Gasteiger partial charge is 0.492 e. The van der Waals surface area contributed by atoms with Gasteiger partial charge in [0.15, 0.2) is 0 Å². The van der Waals surface area contributed by atoms with Gasteiger partial charge in [-0.25, -0.2) is 13.6 Å². The molecule has 1 aromatic rings. The SMILES string of the molecule is NS(=O)(=O)CCCCOc1ccccc1Br. The summed E-state index contributed by atoms with van der Waals surface area (Å²) in [7, 11) is -3.34. The normalized spacial score (nSPS) is 11.4. The molecule has 0 fully saturated rings. The summed E-state index contributed by atoms with van der Waals surface area (Å²) >= 11 is 3.36. The third-order valence-electron chi connectivity index (χ3n) is 1.92. The summed E-state index contributed by atoms with van der Waals surface area (Å²) in [4.78, 5) is 0. The first-order valence-corrected chi connectivity index (χ1v) is 7.38. The quantitative estimate of drug-likeness (QED) is 0.816. The lowest BCUT2D eigenvalue weighted by Gasteiger charge is -2.07. The van der Waals surface area contributed by atoms with Crippen LogP contribution < -0.4 is 9.88 Å². The van der Waals surface area contributed by atoms with Crippen molar-refractivity contribution in [1.82, 2.24) is 0 Å². The summed E-state index contributed by atoms with van der Waals surface area (Å²) in [6.07, 6.45) is 1.18. The van der Waals surface area contributed by atoms with E-state index in [0.717, 1.165) is 10.2 Å². The summed E-state index contributed by atoms with van der Waals surface area (Å²) in [5, 5.41) is 4.88. The van der Waals surface area contributed by atoms with Gasteiger partial charge in [-0.2, -0.15) is 0 Å². The standard InChI is InChI=1S/C10H14BrNO3S/c11-9-5-1-2-6-10(9)15-7-3-4-8-16(12,13)14/h1-2,5-6H,3-4,7-8H2,(H2,12,13,14). The van der Waals surface area contributed by atoms with Crippen molar-refractivity contribution in [3.05, 3.63) is 28.7 Å². The van der Waals surface area contributed by atoms with Crippen molar-refractivity contribution in [2.45, 2.75) is 12.8 Å². The molecule has 0 atom stereocenters. The molecule has 0 amide bonds. The fourth-order valence-corrected chi connectivity index (χ4v) is 2.15. The van der Waals surface area contributed by atoms with Gasteiger partial charge in [0.1, 0.15) is 5.75 Å². The van der Waals surface area contributed by atoms with Gasteiger partial charge in [0.25, 0.3) is 0 Å². The molecular formula is C10H14BrNO3S. The average Bonchev–Trinajstić information content (AvgIpc) is 2.18. The molecule has 2 N–H and O–H groups in total. The Kier molecular flexibility index (Phi) is 5.24. The van der Waals surface area contributed by atoms with Crippen LogP contribution in [0.15, 0.2) is 28.7 Å². The molecule has 0 unspecified atom stereocenters. The minimum atomic E-state index is -3.34. The molecule has 6 heteroatoms. The van der Waals surface area contributed by atoms with E-state index in [4.69, 9.17) is 9.88 Å². The van der Waals surface area contributed by atoms with E-state index in [2.05, 4.69) is 15.9 Å². The number of benzene rings is 1. The zero-order valence-electron chi connectivity index (χ0n) is 8.73. The molecule has 16 heavy (non-hydrogen) atoms. The Balaban J connectivity index is 2.24. The second-order valence-corrected chi connectivity index (χ2v) is 5.94. The number of primary sulfonamides is 1. The maximum absolute atomic E-state index is 10.6. The molecule has 0 aromatic heterocycles. The van der Waals surface area contributed by atoms with Crippen molar-refractivity contribution in [1.29, 1.82) is 0 Å². The van der Waals surface area contributed by atoms with Gasteiger partial charge in [-0.1, -0.05) is 12.1 Å². The van der Waals surface area contributed by atoms with Gasteiger partial charge in [-0.05, 0) is 40.9 Å². The Morgan fingerprint density at radius 2 is 1.94 bits per heavy atom. The van der Waals surface area contributed by atoms with Crippen LogP contribution in [-0.2, 0) is 10.0 Å². The second-order valence-electron chi connectivity index (χ2n) is 3.35. The smallest absolute Gasteiger partial charge is 0.209 e. The van der Waals surface area contributed by atoms with Crippen LogP contribution in [0.25, 0.3) is 0 Å². The molecule has 1 rings (SSSR count). The van der Waals surface area contributed by atoms with Crippen molar-refractivity contribution in [2.75, 3.05) is 12.4 Å². The number of ether oxygens (including phenoxy) is 1. The topological polar surface area (TPSA) is 69.4 Å². The number of para-hydroxylation sites is 1. The number of unbranched alkanes of at least 4 members (excludes halogenated alkanes) is 1. The number of halogens is 1. The number of hydrogen-bond donors (Lipinski definition) is 1. The van der Waals surface area contributed by atoms with E-state index in [0.29, 0.717) is 19.4 Å². The molecule has 0 spiro atoms. The molecule has 1 aromatic carbocycles. The number of sulfonamides is 1. The van der Waals surface area contributed by atoms with Gasteiger partial charge in [-0.15, -0.1) is 0 Å². The molecule has 4 nitrogen and oxygen atoms in total. The zero-order chi connectivity index (χ0) is 12.0. The van der Waals surface area contributed by atoms with Crippen molar-refractivity contribution in [3.8, 4) is 5.75 Å². The Labute approximate surface area is 104 Å². The summed E-state index contributed by atoms with van der Waals surface area (Å²) in [5.74, 6) is 0.768. The molecule has 0 heterocycles. The van der Waals surface area contributed by atoms with Crippen molar-refractivity contribution in [3.63, 3.8) is 0 Å². The highest BCUT2D eigenvalue weighted by atomic mass is 79.9. The highest BCUT2D eigenvalue weighted by molar-refractivity contribution is 9.10. The maximum Gasteiger partial charge on any atom is 0.209 e. The third kappa shape index (κ3) is 5.48. The van der Waals surface area contributed by atoms with Gasteiger partial charge < -0.3 is 4.74 Å². The molecule has 0 aliphatic heterocycles. The molecule has 0 aliphatic rings. The van der Waals surface area contributed by atoms with E-state index in [1.54, 1.807) is 0 Å². The molecule has 0 saturated heterocycles. The van der Waals surface area contributed by atoms with Crippen molar-refractivity contribution < 1.29 is 13.2 Å². The lowest BCUT2D eigenvalue weighted by atomic mass is 10.3. The fraction of sp³-hybridized carbons (Fsp3) is 0.400. The number of hydrogen-bond acceptors (Lipinski definition) is 3. The van der Waals surface area contributed by atoms with Crippen molar-refractivity contribution >= 4 is 26.0 Å². The second kappa shape index (κ2) is 6.22. The van der Waals surface area contributed by atoms with Gasteiger partial charge >= 0.3 is 0 Å². The fourth-order valence-electron chi connectivity index (χ4n) is 1.15. The summed E-state index contributed by atoms with van der Waals surface area (Å²) in [5.41, 5.74) is 0. The van der Waals surface area contributed by atoms with Gasteiger partial charge in [0.2, 0.25) is 10.0 Å². The van der Waals surface area contributed by atoms with Crippen LogP contribution in [0.5, 0.6) is 5.75 Å². The lowest BCUT2D eigenvalue weighted by Crippen LogP contribution is -2.16. The summed E-state index contributed by atoms with van der Waals surface area (Å²) < 4.78 is 27.7. The van der Waals surface area contributed by atoms with Gasteiger partial charge in [0, 0.05) is 0 Å². The number of rotatable bonds is 6. The van der Waals surface area contributed by atoms with Crippen LogP contribution in [0.2, 0.25) is 0 Å². The molecule has 0 radical (unpaired) electrons. The van der Waals surface area contributed by atoms with E-state index in [1.807, 2.05) is 24.3 Å². The van der Waals surface area contributed by atoms with E-state index in [9.17, 15) is 8.42 Å². The first-order chi connectivity index (χ1) is 7.49. The van der Waals surface area contributed by atoms with Crippen LogP contribution in [0.3, 0.4) is 0 Å². The van der Waals surface area contributed by atoms with Gasteiger partial charge in [-0.3, -0.25) is 0 Å². The average molecular weight is 308 g/mol. The number of nitrogens with two attached hydrogens (primary N) is 1. The highest BCUT2D eigenvalue weighted by Gasteiger charge is 2.02. The molecule has 90 valence electrons. The van der Waals surface area contributed by atoms with Crippen LogP contribution in [-0.4, -0.2) is 20.8 Å². The first kappa shape index (κ1) is 13.5. The molecule has 0 bridgehead atoms. The van der Waals surface area contributed by atoms with Crippen LogP contribution >= 0.6 is 15.9 Å². The lowest BCUT2D eigenvalue weighted by molar-refractivity contribution is 0.307. The Morgan fingerprint density at radius 1 is 1.25 bits per heavy atom. The minimum absolute atomic E-state index is 0.00627. The predicted molar refractivity (Wildman–Crippen MR) is 66.8 cm³/mol. The van der Waals surface area contributed by atoms with Crippen LogP contribution in [0, 0.1) is 0 Å². The first-order valence-electron chi connectivity index (χ1n) is 4.87. The maximum atomic E-state index is 10.6. The van der Waals surface area contributed by atoms with Crippen molar-refractivity contribution in [2.24, 2.45) is 5.14 Å². The molecular weight excluding hydrogens is 294 g/mol. The zero-order valence-corrected chi connectivity index (χ0v) is 11.1. The monoisotopic (exact) mass is 307 g/mol. The van der Waals surface area contributed by atoms with E-state index in [-0.39, 0.29) is 5.75 Å². The molecule has 0 saturated carbocycles. The Hall–Kier alpha value is -0.590. The summed E-state index contributed by atoms with van der Waals surface area (Å²) in [6.45, 7) is 0.484. The molecule has 0 aliphatic carbocycles. The third-order valence-corrected chi connectivity index (χ3v) is 3.43. The summed E-state index contributed by atoms with van der Waals surface area (Å²) in [6, 6.07) is 7.52.